The molecule has 2 rings (SSSR count). The number of anilines is 1. The molecule has 1 amide bonds. The first-order valence-corrected chi connectivity index (χ1v) is 10.6. The summed E-state index contributed by atoms with van der Waals surface area (Å²) >= 11 is 0. The molecule has 1 aromatic heterocycles. The van der Waals surface area contributed by atoms with Gasteiger partial charge in [-0.05, 0) is 44.2 Å². The minimum absolute atomic E-state index is 0.178. The van der Waals surface area contributed by atoms with E-state index in [1.807, 2.05) is 39.0 Å². The van der Waals surface area contributed by atoms with Crippen LogP contribution in [0.3, 0.4) is 0 Å². The summed E-state index contributed by atoms with van der Waals surface area (Å²) < 4.78 is 2.21. The average molecular weight is 383 g/mol. The van der Waals surface area contributed by atoms with E-state index in [1.54, 1.807) is 6.07 Å². The second-order valence-corrected chi connectivity index (χ2v) is 7.46. The number of carbonyl (C=O) groups excluding carboxylic acids is 1. The number of aryl methyl sites for hydroxylation is 3. The van der Waals surface area contributed by atoms with Crippen molar-refractivity contribution >= 4 is 11.6 Å². The van der Waals surface area contributed by atoms with Gasteiger partial charge in [0.15, 0.2) is 5.43 Å². The van der Waals surface area contributed by atoms with Gasteiger partial charge in [0.1, 0.15) is 5.56 Å². The monoisotopic (exact) mass is 382 g/mol. The van der Waals surface area contributed by atoms with Gasteiger partial charge in [0.25, 0.3) is 5.91 Å². The van der Waals surface area contributed by atoms with Crippen LogP contribution >= 0.6 is 0 Å². The Hall–Kier alpha value is -2.36. The largest absolute Gasteiger partial charge is 0.348 e. The van der Waals surface area contributed by atoms with Crippen LogP contribution in [0.25, 0.3) is 0 Å². The second kappa shape index (κ2) is 10.3. The molecule has 0 bridgehead atoms. The van der Waals surface area contributed by atoms with Crippen molar-refractivity contribution in [3.8, 4) is 0 Å². The minimum Gasteiger partial charge on any atom is -0.348 e. The first kappa shape index (κ1) is 21.9. The van der Waals surface area contributed by atoms with E-state index in [2.05, 4.69) is 23.7 Å². The SMILES string of the molecule is CCCCCCn1c(CC)cc(=O)c(C(=O)Nc2c(C)cccc2C)c1CC. The Morgan fingerprint density at radius 3 is 2.25 bits per heavy atom. The highest BCUT2D eigenvalue weighted by atomic mass is 16.2. The number of nitrogens with zero attached hydrogens (tertiary/aromatic N) is 1. The molecule has 0 radical (unpaired) electrons. The lowest BCUT2D eigenvalue weighted by molar-refractivity contribution is 0.102. The third-order valence-electron chi connectivity index (χ3n) is 5.38. The predicted octanol–water partition coefficient (Wildman–Crippen LogP) is 5.42. The molecule has 0 aliphatic carbocycles. The molecule has 0 saturated carbocycles. The Morgan fingerprint density at radius 2 is 1.68 bits per heavy atom. The highest BCUT2D eigenvalue weighted by Crippen LogP contribution is 2.21. The maximum Gasteiger partial charge on any atom is 0.261 e. The van der Waals surface area contributed by atoms with Gasteiger partial charge in [-0.2, -0.15) is 0 Å². The summed E-state index contributed by atoms with van der Waals surface area (Å²) in [6, 6.07) is 7.56. The van der Waals surface area contributed by atoms with Crippen molar-refractivity contribution in [3.63, 3.8) is 0 Å². The summed E-state index contributed by atoms with van der Waals surface area (Å²) in [4.78, 5) is 26.0. The normalized spacial score (nSPS) is 10.9. The van der Waals surface area contributed by atoms with Crippen LogP contribution in [-0.4, -0.2) is 10.5 Å². The van der Waals surface area contributed by atoms with Crippen molar-refractivity contribution in [1.82, 2.24) is 4.57 Å². The number of rotatable bonds is 9. The van der Waals surface area contributed by atoms with Gasteiger partial charge in [0, 0.05) is 29.7 Å². The fraction of sp³-hybridized carbons (Fsp3) is 0.500. The van der Waals surface area contributed by atoms with Gasteiger partial charge >= 0.3 is 0 Å². The molecule has 28 heavy (non-hydrogen) atoms. The number of para-hydroxylation sites is 1. The standard InChI is InChI=1S/C24H34N2O2/c1-6-9-10-11-15-26-19(7-2)16-21(27)22(20(26)8-3)24(28)25-23-17(4)13-12-14-18(23)5/h12-14,16H,6-11,15H2,1-5H3,(H,25,28). The van der Waals surface area contributed by atoms with E-state index < -0.39 is 0 Å². The van der Waals surface area contributed by atoms with E-state index in [4.69, 9.17) is 0 Å². The number of unbranched alkanes of at least 4 members (excludes halogenated alkanes) is 3. The van der Waals surface area contributed by atoms with Crippen LogP contribution in [-0.2, 0) is 19.4 Å². The van der Waals surface area contributed by atoms with Crippen LogP contribution in [0.5, 0.6) is 0 Å². The zero-order valence-corrected chi connectivity index (χ0v) is 18.0. The topological polar surface area (TPSA) is 51.1 Å². The first-order valence-electron chi connectivity index (χ1n) is 10.6. The van der Waals surface area contributed by atoms with Crippen molar-refractivity contribution in [2.45, 2.75) is 79.7 Å². The van der Waals surface area contributed by atoms with Crippen LogP contribution in [0.15, 0.2) is 29.1 Å². The molecule has 0 atom stereocenters. The number of amides is 1. The molecule has 0 spiro atoms. The lowest BCUT2D eigenvalue weighted by atomic mass is 10.0. The molecule has 0 fully saturated rings. The molecule has 152 valence electrons. The van der Waals surface area contributed by atoms with E-state index in [0.29, 0.717) is 6.42 Å². The van der Waals surface area contributed by atoms with Crippen LogP contribution in [0.2, 0.25) is 0 Å². The van der Waals surface area contributed by atoms with Gasteiger partial charge in [-0.15, -0.1) is 0 Å². The van der Waals surface area contributed by atoms with Gasteiger partial charge < -0.3 is 9.88 Å². The second-order valence-electron chi connectivity index (χ2n) is 7.46. The maximum absolute atomic E-state index is 13.1. The summed E-state index contributed by atoms with van der Waals surface area (Å²) in [5, 5.41) is 3.00. The lowest BCUT2D eigenvalue weighted by Gasteiger charge is -2.21. The quantitative estimate of drug-likeness (QED) is 0.589. The molecule has 2 aromatic rings. The molecule has 1 N–H and O–H groups in total. The van der Waals surface area contributed by atoms with Crippen molar-refractivity contribution < 1.29 is 4.79 Å². The molecule has 0 aliphatic rings. The molecule has 4 heteroatoms. The number of hydrogen-bond acceptors (Lipinski definition) is 2. The Balaban J connectivity index is 2.44. The summed E-state index contributed by atoms with van der Waals surface area (Å²) in [5.74, 6) is -0.302. The van der Waals surface area contributed by atoms with Crippen molar-refractivity contribution in [3.05, 3.63) is 62.6 Å². The van der Waals surface area contributed by atoms with Crippen LogP contribution < -0.4 is 10.7 Å². The fourth-order valence-electron chi connectivity index (χ4n) is 3.82. The van der Waals surface area contributed by atoms with E-state index in [9.17, 15) is 9.59 Å². The van der Waals surface area contributed by atoms with E-state index in [0.717, 1.165) is 47.6 Å². The number of carbonyl (C=O) groups is 1. The molecule has 1 aromatic carbocycles. The smallest absolute Gasteiger partial charge is 0.261 e. The molecule has 1 heterocycles. The van der Waals surface area contributed by atoms with Gasteiger partial charge in [-0.3, -0.25) is 9.59 Å². The van der Waals surface area contributed by atoms with Crippen LogP contribution in [0.1, 0.15) is 79.3 Å². The van der Waals surface area contributed by atoms with E-state index in [-0.39, 0.29) is 16.9 Å². The predicted molar refractivity (Wildman–Crippen MR) is 117 cm³/mol. The third kappa shape index (κ3) is 4.92. The Labute approximate surface area is 169 Å². The van der Waals surface area contributed by atoms with E-state index in [1.165, 1.54) is 19.3 Å². The van der Waals surface area contributed by atoms with Gasteiger partial charge in [0.2, 0.25) is 0 Å². The third-order valence-corrected chi connectivity index (χ3v) is 5.38. The summed E-state index contributed by atoms with van der Waals surface area (Å²) in [5.41, 5.74) is 4.77. The van der Waals surface area contributed by atoms with Crippen molar-refractivity contribution in [2.24, 2.45) is 0 Å². The molecular formula is C24H34N2O2. The Morgan fingerprint density at radius 1 is 1.00 bits per heavy atom. The van der Waals surface area contributed by atoms with Crippen molar-refractivity contribution in [1.29, 1.82) is 0 Å². The van der Waals surface area contributed by atoms with E-state index >= 15 is 0 Å². The number of benzene rings is 1. The van der Waals surface area contributed by atoms with Gasteiger partial charge in [-0.1, -0.05) is 58.2 Å². The molecule has 0 saturated heterocycles. The molecular weight excluding hydrogens is 348 g/mol. The van der Waals surface area contributed by atoms with Gasteiger partial charge in [0.05, 0.1) is 0 Å². The lowest BCUT2D eigenvalue weighted by Crippen LogP contribution is -2.29. The fourth-order valence-corrected chi connectivity index (χ4v) is 3.82. The average Bonchev–Trinajstić information content (AvgIpc) is 2.67. The van der Waals surface area contributed by atoms with Crippen LogP contribution in [0, 0.1) is 13.8 Å². The number of hydrogen-bond donors (Lipinski definition) is 1. The first-order chi connectivity index (χ1) is 13.4. The zero-order valence-electron chi connectivity index (χ0n) is 18.0. The summed E-state index contributed by atoms with van der Waals surface area (Å²) in [7, 11) is 0. The summed E-state index contributed by atoms with van der Waals surface area (Å²) in [6.45, 7) is 11.1. The maximum atomic E-state index is 13.1. The number of nitrogens with one attached hydrogen (secondary N) is 1. The number of pyridine rings is 1. The zero-order chi connectivity index (χ0) is 20.7. The molecule has 4 nitrogen and oxygen atoms in total. The van der Waals surface area contributed by atoms with Crippen LogP contribution in [0.4, 0.5) is 5.69 Å². The Kier molecular flexibility index (Phi) is 8.04. The number of aromatic nitrogens is 1. The molecule has 0 unspecified atom stereocenters. The van der Waals surface area contributed by atoms with Crippen molar-refractivity contribution in [2.75, 3.05) is 5.32 Å². The Bertz CT molecular complexity index is 861. The summed E-state index contributed by atoms with van der Waals surface area (Å²) in [6.07, 6.45) is 6.08. The molecule has 0 aliphatic heterocycles. The van der Waals surface area contributed by atoms with Gasteiger partial charge in [-0.25, -0.2) is 0 Å². The highest BCUT2D eigenvalue weighted by Gasteiger charge is 2.20. The highest BCUT2D eigenvalue weighted by molar-refractivity contribution is 6.05. The minimum atomic E-state index is -0.302.